The minimum atomic E-state index is 0.0689. The van der Waals surface area contributed by atoms with Crippen LogP contribution in [0.5, 0.6) is 0 Å². The third-order valence-electron chi connectivity index (χ3n) is 4.02. The predicted octanol–water partition coefficient (Wildman–Crippen LogP) is 3.92. The number of carbonyl (C=O) groups excluding carboxylic acids is 1. The van der Waals surface area contributed by atoms with Crippen LogP contribution in [0.1, 0.15) is 41.7 Å². The summed E-state index contributed by atoms with van der Waals surface area (Å²) in [7, 11) is 0. The Hall–Kier alpha value is -1.27. The van der Waals surface area contributed by atoms with Crippen molar-refractivity contribution in [3.63, 3.8) is 0 Å². The highest BCUT2D eigenvalue weighted by Gasteiger charge is 2.44. The standard InChI is InChI=1S/C15H14BrN3OS/c16-10-5-3-8(4-6-10)11-7-12(11)13(20)17-15-19-18-14(21-15)9-1-2-9/h3-6,9,11-12H,1-2,7H2,(H,17,19,20). The van der Waals surface area contributed by atoms with Crippen LogP contribution in [0.3, 0.4) is 0 Å². The Bertz CT molecular complexity index is 680. The summed E-state index contributed by atoms with van der Waals surface area (Å²) in [5.41, 5.74) is 1.23. The minimum Gasteiger partial charge on any atom is -0.300 e. The summed E-state index contributed by atoms with van der Waals surface area (Å²) in [6.45, 7) is 0. The van der Waals surface area contributed by atoms with Crippen molar-refractivity contribution >= 4 is 38.3 Å². The lowest BCUT2D eigenvalue weighted by molar-refractivity contribution is -0.117. The van der Waals surface area contributed by atoms with E-state index in [9.17, 15) is 4.79 Å². The van der Waals surface area contributed by atoms with E-state index in [1.54, 1.807) is 0 Å². The highest BCUT2D eigenvalue weighted by molar-refractivity contribution is 9.10. The number of amides is 1. The maximum absolute atomic E-state index is 12.2. The largest absolute Gasteiger partial charge is 0.300 e. The molecule has 2 aromatic rings. The zero-order valence-corrected chi connectivity index (χ0v) is 13.7. The summed E-state index contributed by atoms with van der Waals surface area (Å²) in [4.78, 5) is 12.2. The van der Waals surface area contributed by atoms with Crippen LogP contribution in [0.15, 0.2) is 28.7 Å². The molecule has 2 atom stereocenters. The first-order valence-electron chi connectivity index (χ1n) is 7.10. The van der Waals surface area contributed by atoms with Crippen molar-refractivity contribution in [2.45, 2.75) is 31.1 Å². The molecule has 6 heteroatoms. The van der Waals surface area contributed by atoms with E-state index in [1.165, 1.54) is 29.7 Å². The third kappa shape index (κ3) is 2.87. The van der Waals surface area contributed by atoms with Gasteiger partial charge in [-0.25, -0.2) is 0 Å². The summed E-state index contributed by atoms with van der Waals surface area (Å²) >= 11 is 4.94. The number of halogens is 1. The summed E-state index contributed by atoms with van der Waals surface area (Å²) in [6, 6.07) is 8.21. The number of aromatic nitrogens is 2. The fourth-order valence-electron chi connectivity index (χ4n) is 2.54. The second-order valence-electron chi connectivity index (χ2n) is 5.71. The van der Waals surface area contributed by atoms with Crippen LogP contribution in [0, 0.1) is 5.92 Å². The van der Waals surface area contributed by atoms with Crippen molar-refractivity contribution in [3.05, 3.63) is 39.3 Å². The Labute approximate surface area is 135 Å². The molecular weight excluding hydrogens is 350 g/mol. The van der Waals surface area contributed by atoms with E-state index in [4.69, 9.17) is 0 Å². The van der Waals surface area contributed by atoms with Gasteiger partial charge < -0.3 is 5.32 Å². The van der Waals surface area contributed by atoms with Crippen molar-refractivity contribution in [1.82, 2.24) is 10.2 Å². The van der Waals surface area contributed by atoms with Gasteiger partial charge in [-0.15, -0.1) is 10.2 Å². The van der Waals surface area contributed by atoms with Crippen molar-refractivity contribution in [2.75, 3.05) is 5.32 Å². The molecule has 0 saturated heterocycles. The molecule has 2 aliphatic carbocycles. The van der Waals surface area contributed by atoms with Crippen LogP contribution in [0.25, 0.3) is 0 Å². The van der Waals surface area contributed by atoms with Gasteiger partial charge in [-0.2, -0.15) is 0 Å². The number of hydrogen-bond donors (Lipinski definition) is 1. The zero-order chi connectivity index (χ0) is 14.4. The van der Waals surface area contributed by atoms with Gasteiger partial charge in [-0.3, -0.25) is 4.79 Å². The molecule has 1 heterocycles. The Morgan fingerprint density at radius 3 is 2.71 bits per heavy atom. The van der Waals surface area contributed by atoms with E-state index in [-0.39, 0.29) is 11.8 Å². The molecule has 1 amide bonds. The number of nitrogens with zero attached hydrogens (tertiary/aromatic N) is 2. The third-order valence-corrected chi connectivity index (χ3v) is 5.55. The second kappa shape index (κ2) is 5.18. The minimum absolute atomic E-state index is 0.0689. The van der Waals surface area contributed by atoms with Gasteiger partial charge in [0, 0.05) is 16.3 Å². The highest BCUT2D eigenvalue weighted by Crippen LogP contribution is 2.48. The number of carbonyl (C=O) groups is 1. The van der Waals surface area contributed by atoms with E-state index in [0.717, 1.165) is 15.9 Å². The molecule has 4 rings (SSSR count). The first-order chi connectivity index (χ1) is 10.2. The SMILES string of the molecule is O=C(Nc1nnc(C2CC2)s1)C1CC1c1ccc(Br)cc1. The molecule has 108 valence electrons. The molecule has 2 saturated carbocycles. The van der Waals surface area contributed by atoms with Gasteiger partial charge >= 0.3 is 0 Å². The van der Waals surface area contributed by atoms with Crippen molar-refractivity contribution in [1.29, 1.82) is 0 Å². The number of hydrogen-bond acceptors (Lipinski definition) is 4. The molecule has 21 heavy (non-hydrogen) atoms. The molecule has 2 aliphatic rings. The van der Waals surface area contributed by atoms with Gasteiger partial charge in [-0.1, -0.05) is 39.4 Å². The van der Waals surface area contributed by atoms with E-state index in [2.05, 4.69) is 43.6 Å². The van der Waals surface area contributed by atoms with Crippen molar-refractivity contribution in [3.8, 4) is 0 Å². The topological polar surface area (TPSA) is 54.9 Å². The van der Waals surface area contributed by atoms with Crippen molar-refractivity contribution in [2.24, 2.45) is 5.92 Å². The van der Waals surface area contributed by atoms with Gasteiger partial charge in [0.05, 0.1) is 0 Å². The highest BCUT2D eigenvalue weighted by atomic mass is 79.9. The van der Waals surface area contributed by atoms with E-state index in [0.29, 0.717) is 17.0 Å². The monoisotopic (exact) mass is 363 g/mol. The molecule has 0 radical (unpaired) electrons. The number of anilines is 1. The van der Waals surface area contributed by atoms with E-state index >= 15 is 0 Å². The maximum Gasteiger partial charge on any atom is 0.229 e. The fourth-order valence-corrected chi connectivity index (χ4v) is 3.72. The Morgan fingerprint density at radius 2 is 2.00 bits per heavy atom. The molecule has 1 aromatic heterocycles. The molecule has 2 unspecified atom stereocenters. The number of rotatable bonds is 4. The van der Waals surface area contributed by atoms with Crippen LogP contribution in [0.4, 0.5) is 5.13 Å². The summed E-state index contributed by atoms with van der Waals surface area (Å²) < 4.78 is 1.06. The fraction of sp³-hybridized carbons (Fsp3) is 0.400. The van der Waals surface area contributed by atoms with Crippen LogP contribution in [-0.4, -0.2) is 16.1 Å². The van der Waals surface area contributed by atoms with E-state index < -0.39 is 0 Å². The van der Waals surface area contributed by atoms with Crippen LogP contribution >= 0.6 is 27.3 Å². The zero-order valence-electron chi connectivity index (χ0n) is 11.3. The molecule has 0 aliphatic heterocycles. The lowest BCUT2D eigenvalue weighted by atomic mass is 10.1. The number of benzene rings is 1. The quantitative estimate of drug-likeness (QED) is 0.895. The summed E-state index contributed by atoms with van der Waals surface area (Å²) in [6.07, 6.45) is 3.33. The van der Waals surface area contributed by atoms with Gasteiger partial charge in [0.25, 0.3) is 0 Å². The average Bonchev–Trinajstić information content (AvgIpc) is 3.39. The number of nitrogens with one attached hydrogen (secondary N) is 1. The van der Waals surface area contributed by atoms with Gasteiger partial charge in [-0.05, 0) is 42.9 Å². The molecule has 1 N–H and O–H groups in total. The van der Waals surface area contributed by atoms with Gasteiger partial charge in [0.15, 0.2) is 0 Å². The molecule has 4 nitrogen and oxygen atoms in total. The lowest BCUT2D eigenvalue weighted by Gasteiger charge is -2.01. The van der Waals surface area contributed by atoms with Crippen LogP contribution in [0.2, 0.25) is 0 Å². The smallest absolute Gasteiger partial charge is 0.229 e. The Kier molecular flexibility index (Phi) is 3.30. The summed E-state index contributed by atoms with van der Waals surface area (Å²) in [5.74, 6) is 1.07. The molecule has 1 aromatic carbocycles. The second-order valence-corrected chi connectivity index (χ2v) is 7.63. The van der Waals surface area contributed by atoms with Crippen LogP contribution < -0.4 is 5.32 Å². The predicted molar refractivity (Wildman–Crippen MR) is 85.5 cm³/mol. The molecule has 0 spiro atoms. The Balaban J connectivity index is 1.38. The summed E-state index contributed by atoms with van der Waals surface area (Å²) in [5, 5.41) is 12.8. The van der Waals surface area contributed by atoms with Crippen molar-refractivity contribution < 1.29 is 4.79 Å². The lowest BCUT2D eigenvalue weighted by Crippen LogP contribution is -2.14. The molecular formula is C15H14BrN3OS. The first kappa shape index (κ1) is 13.4. The average molecular weight is 364 g/mol. The molecule has 0 bridgehead atoms. The normalized spacial score (nSPS) is 23.9. The van der Waals surface area contributed by atoms with Gasteiger partial charge in [0.2, 0.25) is 11.0 Å². The van der Waals surface area contributed by atoms with Gasteiger partial charge in [0.1, 0.15) is 5.01 Å². The van der Waals surface area contributed by atoms with Crippen LogP contribution in [-0.2, 0) is 4.79 Å². The molecule has 2 fully saturated rings. The van der Waals surface area contributed by atoms with E-state index in [1.807, 2.05) is 12.1 Å². The maximum atomic E-state index is 12.2. The first-order valence-corrected chi connectivity index (χ1v) is 8.71. The Morgan fingerprint density at radius 1 is 1.24 bits per heavy atom.